The van der Waals surface area contributed by atoms with E-state index in [0.717, 1.165) is 6.42 Å². The predicted molar refractivity (Wildman–Crippen MR) is 68.7 cm³/mol. The summed E-state index contributed by atoms with van der Waals surface area (Å²) in [7, 11) is 0. The van der Waals surface area contributed by atoms with Crippen LogP contribution in [0.15, 0.2) is 0 Å². The first-order valence-corrected chi connectivity index (χ1v) is 6.90. The average molecular weight is 270 g/mol. The average Bonchev–Trinajstić information content (AvgIpc) is 3.05. The van der Waals surface area contributed by atoms with Crippen molar-refractivity contribution in [2.75, 3.05) is 32.8 Å². The van der Waals surface area contributed by atoms with Gasteiger partial charge in [-0.3, -0.25) is 4.79 Å². The van der Waals surface area contributed by atoms with Gasteiger partial charge in [-0.15, -0.1) is 0 Å². The van der Waals surface area contributed by atoms with E-state index >= 15 is 0 Å². The van der Waals surface area contributed by atoms with E-state index in [9.17, 15) is 14.7 Å². The number of aliphatic carboxylic acids is 1. The van der Waals surface area contributed by atoms with Crippen molar-refractivity contribution in [1.82, 2.24) is 9.80 Å². The van der Waals surface area contributed by atoms with Gasteiger partial charge in [0.2, 0.25) is 0 Å². The van der Waals surface area contributed by atoms with Crippen LogP contribution in [0.3, 0.4) is 0 Å². The minimum Gasteiger partial charge on any atom is -0.481 e. The molecule has 108 valence electrons. The van der Waals surface area contributed by atoms with Crippen molar-refractivity contribution >= 4 is 12.0 Å². The standard InChI is InChI=1S/C13H22N2O4/c1-2-13(11(17)18)4-6-15(9-13)12(19)14-5-3-10(7-14)8-16/h10,16H,2-9H2,1H3,(H,17,18). The first-order chi connectivity index (χ1) is 9.02. The Bertz CT molecular complexity index is 374. The number of rotatable bonds is 3. The molecule has 6 heteroatoms. The molecule has 2 saturated heterocycles. The highest BCUT2D eigenvalue weighted by Gasteiger charge is 2.46. The third-order valence-corrected chi connectivity index (χ3v) is 4.57. The van der Waals surface area contributed by atoms with Crippen molar-refractivity contribution in [2.24, 2.45) is 11.3 Å². The largest absolute Gasteiger partial charge is 0.481 e. The van der Waals surface area contributed by atoms with Gasteiger partial charge in [-0.1, -0.05) is 6.92 Å². The van der Waals surface area contributed by atoms with E-state index in [1.165, 1.54) is 0 Å². The van der Waals surface area contributed by atoms with E-state index < -0.39 is 11.4 Å². The van der Waals surface area contributed by atoms with Crippen molar-refractivity contribution < 1.29 is 19.8 Å². The van der Waals surface area contributed by atoms with Crippen LogP contribution in [0.4, 0.5) is 4.79 Å². The SMILES string of the molecule is CCC1(C(=O)O)CCN(C(=O)N2CCC(CO)C2)C1. The number of aliphatic hydroxyl groups excluding tert-OH is 1. The van der Waals surface area contributed by atoms with Crippen molar-refractivity contribution in [3.8, 4) is 0 Å². The Balaban J connectivity index is 1.97. The fraction of sp³-hybridized carbons (Fsp3) is 0.846. The Morgan fingerprint density at radius 3 is 2.53 bits per heavy atom. The van der Waals surface area contributed by atoms with Crippen LogP contribution < -0.4 is 0 Å². The minimum atomic E-state index is -0.806. The third-order valence-electron chi connectivity index (χ3n) is 4.57. The van der Waals surface area contributed by atoms with Gasteiger partial charge >= 0.3 is 12.0 Å². The van der Waals surface area contributed by atoms with Gasteiger partial charge in [0.25, 0.3) is 0 Å². The normalized spacial score (nSPS) is 30.9. The van der Waals surface area contributed by atoms with Crippen molar-refractivity contribution in [3.05, 3.63) is 0 Å². The summed E-state index contributed by atoms with van der Waals surface area (Å²) in [5.74, 6) is -0.637. The number of carbonyl (C=O) groups is 2. The van der Waals surface area contributed by atoms with E-state index in [1.807, 2.05) is 6.92 Å². The van der Waals surface area contributed by atoms with Gasteiger partial charge in [-0.2, -0.15) is 0 Å². The molecule has 2 aliphatic heterocycles. The van der Waals surface area contributed by atoms with Gasteiger partial charge in [-0.05, 0) is 19.3 Å². The molecule has 19 heavy (non-hydrogen) atoms. The summed E-state index contributed by atoms with van der Waals surface area (Å²) in [4.78, 5) is 27.1. The van der Waals surface area contributed by atoms with Gasteiger partial charge in [0.05, 0.1) is 5.41 Å². The molecule has 0 bridgehead atoms. The summed E-state index contributed by atoms with van der Waals surface area (Å²) < 4.78 is 0. The van der Waals surface area contributed by atoms with E-state index in [4.69, 9.17) is 5.11 Å². The Kier molecular flexibility index (Phi) is 3.99. The van der Waals surface area contributed by atoms with Crippen LogP contribution in [0.2, 0.25) is 0 Å². The number of carboxylic acid groups (broad SMARTS) is 1. The number of hydrogen-bond acceptors (Lipinski definition) is 3. The third kappa shape index (κ3) is 2.54. The Morgan fingerprint density at radius 2 is 2.05 bits per heavy atom. The summed E-state index contributed by atoms with van der Waals surface area (Å²) >= 11 is 0. The van der Waals surface area contributed by atoms with Gasteiger partial charge < -0.3 is 20.0 Å². The smallest absolute Gasteiger partial charge is 0.320 e. The Hall–Kier alpha value is -1.30. The molecular formula is C13H22N2O4. The summed E-state index contributed by atoms with van der Waals surface area (Å²) in [5, 5.41) is 18.4. The molecule has 0 spiro atoms. The molecule has 0 aromatic rings. The zero-order chi connectivity index (χ0) is 14.0. The molecule has 0 saturated carbocycles. The number of carbonyl (C=O) groups excluding carboxylic acids is 1. The second-order valence-electron chi connectivity index (χ2n) is 5.68. The number of nitrogens with zero attached hydrogens (tertiary/aromatic N) is 2. The highest BCUT2D eigenvalue weighted by molar-refractivity contribution is 5.80. The highest BCUT2D eigenvalue weighted by Crippen LogP contribution is 2.35. The van der Waals surface area contributed by atoms with Gasteiger partial charge in [-0.25, -0.2) is 4.79 Å². The van der Waals surface area contributed by atoms with Gasteiger partial charge in [0.15, 0.2) is 0 Å². The van der Waals surface area contributed by atoms with Crippen LogP contribution in [0.25, 0.3) is 0 Å². The molecular weight excluding hydrogens is 248 g/mol. The number of carboxylic acids is 1. The van der Waals surface area contributed by atoms with Crippen LogP contribution in [0.5, 0.6) is 0 Å². The van der Waals surface area contributed by atoms with Crippen LogP contribution in [0.1, 0.15) is 26.2 Å². The maximum absolute atomic E-state index is 12.3. The molecule has 0 aromatic heterocycles. The molecule has 0 aliphatic carbocycles. The van der Waals surface area contributed by atoms with E-state index in [1.54, 1.807) is 9.80 Å². The molecule has 6 nitrogen and oxygen atoms in total. The number of likely N-dealkylation sites (tertiary alicyclic amines) is 2. The van der Waals surface area contributed by atoms with Crippen LogP contribution in [0, 0.1) is 11.3 Å². The molecule has 2 rings (SSSR count). The zero-order valence-electron chi connectivity index (χ0n) is 11.3. The fourth-order valence-corrected chi connectivity index (χ4v) is 3.01. The highest BCUT2D eigenvalue weighted by atomic mass is 16.4. The monoisotopic (exact) mass is 270 g/mol. The van der Waals surface area contributed by atoms with Gasteiger partial charge in [0, 0.05) is 38.7 Å². The van der Waals surface area contributed by atoms with Crippen LogP contribution in [-0.4, -0.2) is 64.8 Å². The molecule has 2 atom stereocenters. The molecule has 0 radical (unpaired) electrons. The lowest BCUT2D eigenvalue weighted by atomic mass is 9.84. The lowest BCUT2D eigenvalue weighted by molar-refractivity contribution is -0.148. The lowest BCUT2D eigenvalue weighted by Crippen LogP contribution is -2.43. The second kappa shape index (κ2) is 5.36. The number of aliphatic hydroxyl groups is 1. The molecule has 2 heterocycles. The molecule has 2 amide bonds. The summed E-state index contributed by atoms with van der Waals surface area (Å²) in [6.07, 6.45) is 1.90. The summed E-state index contributed by atoms with van der Waals surface area (Å²) in [6.45, 7) is 4.03. The van der Waals surface area contributed by atoms with Crippen molar-refractivity contribution in [2.45, 2.75) is 26.2 Å². The maximum Gasteiger partial charge on any atom is 0.320 e. The Labute approximate surface area is 113 Å². The molecule has 0 aromatic carbocycles. The first-order valence-electron chi connectivity index (χ1n) is 6.90. The zero-order valence-corrected chi connectivity index (χ0v) is 11.3. The van der Waals surface area contributed by atoms with Crippen molar-refractivity contribution in [1.29, 1.82) is 0 Å². The topological polar surface area (TPSA) is 81.1 Å². The molecule has 2 N–H and O–H groups in total. The second-order valence-corrected chi connectivity index (χ2v) is 5.68. The summed E-state index contributed by atoms with van der Waals surface area (Å²) in [6, 6.07) is -0.0764. The Morgan fingerprint density at radius 1 is 1.32 bits per heavy atom. The predicted octanol–water partition coefficient (Wildman–Crippen LogP) is 0.607. The summed E-state index contributed by atoms with van der Waals surface area (Å²) in [5.41, 5.74) is -0.772. The van der Waals surface area contributed by atoms with E-state index in [2.05, 4.69) is 0 Å². The van der Waals surface area contributed by atoms with Crippen LogP contribution >= 0.6 is 0 Å². The maximum atomic E-state index is 12.3. The quantitative estimate of drug-likeness (QED) is 0.787. The van der Waals surface area contributed by atoms with E-state index in [0.29, 0.717) is 39.0 Å². The minimum absolute atomic E-state index is 0.0764. The van der Waals surface area contributed by atoms with E-state index in [-0.39, 0.29) is 18.6 Å². The fourth-order valence-electron chi connectivity index (χ4n) is 3.01. The molecule has 2 unspecified atom stereocenters. The molecule has 2 aliphatic rings. The number of urea groups is 1. The first kappa shape index (κ1) is 14.1. The number of amides is 2. The number of hydrogen-bond donors (Lipinski definition) is 2. The van der Waals surface area contributed by atoms with Crippen molar-refractivity contribution in [3.63, 3.8) is 0 Å². The lowest BCUT2D eigenvalue weighted by Gasteiger charge is -2.26. The van der Waals surface area contributed by atoms with Crippen LogP contribution in [-0.2, 0) is 4.79 Å². The van der Waals surface area contributed by atoms with Gasteiger partial charge in [0.1, 0.15) is 0 Å². The molecule has 2 fully saturated rings.